The third-order valence-corrected chi connectivity index (χ3v) is 5.04. The van der Waals surface area contributed by atoms with E-state index in [9.17, 15) is 14.4 Å². The van der Waals surface area contributed by atoms with Gasteiger partial charge in [0.25, 0.3) is 11.8 Å². The number of carbonyl (C=O) groups is 3. The van der Waals surface area contributed by atoms with Crippen molar-refractivity contribution in [1.82, 2.24) is 20.0 Å². The summed E-state index contributed by atoms with van der Waals surface area (Å²) in [6.07, 6.45) is 0.820. The van der Waals surface area contributed by atoms with Crippen LogP contribution in [-0.4, -0.2) is 44.9 Å². The predicted molar refractivity (Wildman–Crippen MR) is 113 cm³/mol. The van der Waals surface area contributed by atoms with E-state index in [2.05, 4.69) is 20.6 Å². The van der Waals surface area contributed by atoms with Crippen LogP contribution in [-0.2, 0) is 16.0 Å². The maximum Gasteiger partial charge on any atom is 0.305 e. The van der Waals surface area contributed by atoms with Gasteiger partial charge in [0.05, 0.1) is 29.9 Å². The molecule has 0 unspecified atom stereocenters. The molecule has 0 atom stereocenters. The molecule has 0 radical (unpaired) electrons. The predicted octanol–water partition coefficient (Wildman–Crippen LogP) is 1.98. The van der Waals surface area contributed by atoms with Gasteiger partial charge in [-0.1, -0.05) is 0 Å². The second-order valence-electron chi connectivity index (χ2n) is 7.07. The van der Waals surface area contributed by atoms with Gasteiger partial charge in [0.1, 0.15) is 0 Å². The van der Waals surface area contributed by atoms with Gasteiger partial charge in [-0.05, 0) is 57.0 Å². The highest BCUT2D eigenvalue weighted by Crippen LogP contribution is 2.21. The van der Waals surface area contributed by atoms with Crippen LogP contribution in [0.1, 0.15) is 49.9 Å². The number of anilines is 1. The number of ether oxygens (including phenoxy) is 1. The van der Waals surface area contributed by atoms with Gasteiger partial charge in [0.15, 0.2) is 5.69 Å². The van der Waals surface area contributed by atoms with E-state index in [1.807, 2.05) is 13.8 Å². The van der Waals surface area contributed by atoms with Crippen molar-refractivity contribution in [2.75, 3.05) is 12.4 Å². The summed E-state index contributed by atoms with van der Waals surface area (Å²) in [5.74, 6) is -1.40. The number of carbonyl (C=O) groups excluding carboxylic acids is 3. The van der Waals surface area contributed by atoms with E-state index in [4.69, 9.17) is 10.5 Å². The number of aromatic amines is 1. The van der Waals surface area contributed by atoms with Gasteiger partial charge in [-0.2, -0.15) is 10.2 Å². The topological polar surface area (TPSA) is 145 Å². The van der Waals surface area contributed by atoms with Gasteiger partial charge in [-0.3, -0.25) is 19.5 Å². The monoisotopic (exact) mass is 424 g/mol. The van der Waals surface area contributed by atoms with E-state index in [1.165, 1.54) is 7.11 Å². The standard InChI is InChI=1S/C21H24N6O4/c1-11-16(9-10-17(28)31-4)13(3)27(26-11)15-7-5-14(6-8-15)21(30)23-18-12(2)24-25-19(18)20(22)29/h5-8H,9-10H2,1-4H3,(H2,22,29)(H,23,30)(H,24,25). The molecule has 0 bridgehead atoms. The van der Waals surface area contributed by atoms with E-state index in [0.717, 1.165) is 22.6 Å². The highest BCUT2D eigenvalue weighted by atomic mass is 16.5. The van der Waals surface area contributed by atoms with Gasteiger partial charge in [0, 0.05) is 17.7 Å². The molecule has 10 heteroatoms. The highest BCUT2D eigenvalue weighted by Gasteiger charge is 2.19. The van der Waals surface area contributed by atoms with Crippen molar-refractivity contribution in [2.45, 2.75) is 33.6 Å². The van der Waals surface area contributed by atoms with E-state index in [-0.39, 0.29) is 23.8 Å². The van der Waals surface area contributed by atoms with Crippen molar-refractivity contribution in [3.8, 4) is 5.69 Å². The maximum atomic E-state index is 12.6. The number of methoxy groups -OCH3 is 1. The minimum Gasteiger partial charge on any atom is -0.469 e. The zero-order chi connectivity index (χ0) is 22.7. The van der Waals surface area contributed by atoms with Crippen molar-refractivity contribution in [3.63, 3.8) is 0 Å². The normalized spacial score (nSPS) is 10.7. The molecule has 31 heavy (non-hydrogen) atoms. The lowest BCUT2D eigenvalue weighted by Crippen LogP contribution is -2.18. The molecule has 0 saturated heterocycles. The highest BCUT2D eigenvalue weighted by molar-refractivity contribution is 6.08. The Morgan fingerprint density at radius 1 is 1.16 bits per heavy atom. The molecule has 3 rings (SSSR count). The number of amides is 2. The minimum absolute atomic E-state index is 0.0235. The molecule has 0 fully saturated rings. The fourth-order valence-electron chi connectivity index (χ4n) is 3.32. The molecule has 0 aliphatic carbocycles. The lowest BCUT2D eigenvalue weighted by Gasteiger charge is -2.08. The zero-order valence-electron chi connectivity index (χ0n) is 17.8. The first kappa shape index (κ1) is 21.8. The second-order valence-corrected chi connectivity index (χ2v) is 7.07. The number of rotatable bonds is 7. The lowest BCUT2D eigenvalue weighted by atomic mass is 10.1. The van der Waals surface area contributed by atoms with Gasteiger partial charge in [-0.25, -0.2) is 4.68 Å². The Morgan fingerprint density at radius 2 is 1.84 bits per heavy atom. The first-order valence-electron chi connectivity index (χ1n) is 9.61. The summed E-state index contributed by atoms with van der Waals surface area (Å²) in [6, 6.07) is 6.87. The maximum absolute atomic E-state index is 12.6. The SMILES string of the molecule is COC(=O)CCc1c(C)nn(-c2ccc(C(=O)Nc3c(C(N)=O)n[nH]c3C)cc2)c1C. The van der Waals surface area contributed by atoms with Crippen molar-refractivity contribution >= 4 is 23.5 Å². The summed E-state index contributed by atoms with van der Waals surface area (Å²) >= 11 is 0. The zero-order valence-corrected chi connectivity index (χ0v) is 17.8. The molecule has 0 saturated carbocycles. The molecule has 2 amide bonds. The van der Waals surface area contributed by atoms with Gasteiger partial charge >= 0.3 is 5.97 Å². The number of nitrogens with two attached hydrogens (primary N) is 1. The fraction of sp³-hybridized carbons (Fsp3) is 0.286. The Balaban J connectivity index is 1.79. The number of hydrogen-bond acceptors (Lipinski definition) is 6. The third kappa shape index (κ3) is 4.47. The van der Waals surface area contributed by atoms with Crippen LogP contribution in [0, 0.1) is 20.8 Å². The fourth-order valence-corrected chi connectivity index (χ4v) is 3.32. The first-order valence-corrected chi connectivity index (χ1v) is 9.61. The first-order chi connectivity index (χ1) is 14.7. The molecule has 3 aromatic rings. The number of nitrogens with one attached hydrogen (secondary N) is 2. The van der Waals surface area contributed by atoms with Gasteiger partial charge < -0.3 is 15.8 Å². The van der Waals surface area contributed by atoms with Crippen LogP contribution in [0.15, 0.2) is 24.3 Å². The number of aryl methyl sites for hydroxylation is 2. The summed E-state index contributed by atoms with van der Waals surface area (Å²) in [7, 11) is 1.37. The van der Waals surface area contributed by atoms with E-state index < -0.39 is 11.8 Å². The Bertz CT molecular complexity index is 1140. The molecule has 2 aromatic heterocycles. The molecule has 2 heterocycles. The minimum atomic E-state index is -0.734. The Hall–Kier alpha value is -3.95. The van der Waals surface area contributed by atoms with Crippen LogP contribution >= 0.6 is 0 Å². The number of hydrogen-bond donors (Lipinski definition) is 3. The summed E-state index contributed by atoms with van der Waals surface area (Å²) in [5.41, 5.74) is 9.96. The second kappa shape index (κ2) is 8.82. The van der Waals surface area contributed by atoms with Crippen molar-refractivity contribution in [3.05, 3.63) is 58.2 Å². The molecule has 0 aliphatic rings. The quantitative estimate of drug-likeness (QED) is 0.495. The number of H-pyrrole nitrogens is 1. The largest absolute Gasteiger partial charge is 0.469 e. The molecular formula is C21H24N6O4. The summed E-state index contributed by atoms with van der Waals surface area (Å²) in [5, 5.41) is 13.7. The Kier molecular flexibility index (Phi) is 6.19. The van der Waals surface area contributed by atoms with Crippen molar-refractivity contribution in [2.24, 2.45) is 5.73 Å². The number of aromatic nitrogens is 4. The average Bonchev–Trinajstić information content (AvgIpc) is 3.25. The summed E-state index contributed by atoms with van der Waals surface area (Å²) in [4.78, 5) is 35.5. The van der Waals surface area contributed by atoms with E-state index in [1.54, 1.807) is 35.9 Å². The summed E-state index contributed by atoms with van der Waals surface area (Å²) in [6.45, 7) is 5.50. The van der Waals surface area contributed by atoms with Crippen LogP contribution in [0.4, 0.5) is 5.69 Å². The molecule has 1 aromatic carbocycles. The third-order valence-electron chi connectivity index (χ3n) is 5.04. The number of benzene rings is 1. The smallest absolute Gasteiger partial charge is 0.305 e. The Morgan fingerprint density at radius 3 is 2.45 bits per heavy atom. The molecular weight excluding hydrogens is 400 g/mol. The van der Waals surface area contributed by atoms with Crippen LogP contribution in [0.3, 0.4) is 0 Å². The van der Waals surface area contributed by atoms with Gasteiger partial charge in [0.2, 0.25) is 0 Å². The number of nitrogens with zero attached hydrogens (tertiary/aromatic N) is 3. The Labute approximate surface area is 178 Å². The van der Waals surface area contributed by atoms with Gasteiger partial charge in [-0.15, -0.1) is 0 Å². The summed E-state index contributed by atoms with van der Waals surface area (Å²) < 4.78 is 6.48. The number of primary amides is 1. The molecule has 0 aliphatic heterocycles. The average molecular weight is 424 g/mol. The van der Waals surface area contributed by atoms with Crippen LogP contribution in [0.25, 0.3) is 5.69 Å². The van der Waals surface area contributed by atoms with Crippen LogP contribution < -0.4 is 11.1 Å². The number of esters is 1. The van der Waals surface area contributed by atoms with Crippen molar-refractivity contribution < 1.29 is 19.1 Å². The lowest BCUT2D eigenvalue weighted by molar-refractivity contribution is -0.140. The van der Waals surface area contributed by atoms with E-state index >= 15 is 0 Å². The molecule has 4 N–H and O–H groups in total. The van der Waals surface area contributed by atoms with E-state index in [0.29, 0.717) is 17.7 Å². The van der Waals surface area contributed by atoms with Crippen molar-refractivity contribution in [1.29, 1.82) is 0 Å². The van der Waals surface area contributed by atoms with Crippen LogP contribution in [0.5, 0.6) is 0 Å². The molecule has 162 valence electrons. The van der Waals surface area contributed by atoms with Crippen LogP contribution in [0.2, 0.25) is 0 Å². The molecule has 10 nitrogen and oxygen atoms in total. The molecule has 0 spiro atoms.